The van der Waals surface area contributed by atoms with E-state index in [-0.39, 0.29) is 5.54 Å². The lowest BCUT2D eigenvalue weighted by Crippen LogP contribution is -2.57. The number of aryl methyl sites for hydroxylation is 2. The highest BCUT2D eigenvalue weighted by atomic mass is 16.5. The van der Waals surface area contributed by atoms with Crippen LogP contribution in [0.25, 0.3) is 0 Å². The van der Waals surface area contributed by atoms with Crippen molar-refractivity contribution in [3.05, 3.63) is 17.5 Å². The molecule has 0 amide bonds. The molecule has 2 fully saturated rings. The molecule has 1 aromatic rings. The number of hydrogen-bond acceptors (Lipinski definition) is 4. The Morgan fingerprint density at radius 1 is 1.26 bits per heavy atom. The molecule has 0 bridgehead atoms. The Morgan fingerprint density at radius 2 is 1.96 bits per heavy atom. The summed E-state index contributed by atoms with van der Waals surface area (Å²) in [6.07, 6.45) is 5.30. The van der Waals surface area contributed by atoms with Crippen LogP contribution in [0.3, 0.4) is 0 Å². The highest BCUT2D eigenvalue weighted by Gasteiger charge is 2.36. The van der Waals surface area contributed by atoms with Gasteiger partial charge < -0.3 is 10.1 Å². The van der Waals surface area contributed by atoms with Crippen LogP contribution in [0.1, 0.15) is 44.0 Å². The quantitative estimate of drug-likeness (QED) is 0.872. The Morgan fingerprint density at radius 3 is 2.57 bits per heavy atom. The van der Waals surface area contributed by atoms with Crippen molar-refractivity contribution in [2.75, 3.05) is 32.8 Å². The first-order valence-corrected chi connectivity index (χ1v) is 9.15. The van der Waals surface area contributed by atoms with E-state index in [2.05, 4.69) is 46.8 Å². The van der Waals surface area contributed by atoms with E-state index in [1.54, 1.807) is 0 Å². The van der Waals surface area contributed by atoms with E-state index < -0.39 is 0 Å². The molecule has 0 radical (unpaired) electrons. The van der Waals surface area contributed by atoms with Crippen molar-refractivity contribution in [3.63, 3.8) is 0 Å². The molecule has 0 spiro atoms. The fourth-order valence-corrected chi connectivity index (χ4v) is 4.27. The van der Waals surface area contributed by atoms with E-state index in [1.807, 2.05) is 0 Å². The van der Waals surface area contributed by atoms with Crippen LogP contribution in [-0.4, -0.2) is 59.1 Å². The zero-order valence-electron chi connectivity index (χ0n) is 15.0. The second kappa shape index (κ2) is 7.32. The fraction of sp³-hybridized carbons (Fsp3) is 0.833. The lowest BCUT2D eigenvalue weighted by molar-refractivity contribution is 0.0224. The van der Waals surface area contributed by atoms with E-state index in [1.165, 1.54) is 31.4 Å². The van der Waals surface area contributed by atoms with Gasteiger partial charge in [0.05, 0.1) is 25.5 Å². The first-order valence-electron chi connectivity index (χ1n) is 9.15. The molecule has 1 saturated heterocycles. The molecule has 1 unspecified atom stereocenters. The van der Waals surface area contributed by atoms with E-state index in [0.29, 0.717) is 6.04 Å². The summed E-state index contributed by atoms with van der Waals surface area (Å²) in [6, 6.07) is 2.60. The van der Waals surface area contributed by atoms with Crippen molar-refractivity contribution in [2.24, 2.45) is 0 Å². The van der Waals surface area contributed by atoms with Crippen LogP contribution in [0.15, 0.2) is 6.07 Å². The van der Waals surface area contributed by atoms with Gasteiger partial charge >= 0.3 is 0 Å². The molecular weight excluding hydrogens is 288 g/mol. The maximum atomic E-state index is 5.50. The summed E-state index contributed by atoms with van der Waals surface area (Å²) in [6.45, 7) is 12.6. The maximum Gasteiger partial charge on any atom is 0.0596 e. The van der Waals surface area contributed by atoms with Crippen molar-refractivity contribution in [1.82, 2.24) is 20.0 Å². The standard InChI is InChI=1S/C18H32N4O/c1-15-12-17(3)22(20-15)13-16(2)19-18(6-4-5-7-18)14-21-8-10-23-11-9-21/h12,16,19H,4-11,13-14H2,1-3H3. The maximum absolute atomic E-state index is 5.50. The second-order valence-corrected chi connectivity index (χ2v) is 7.53. The smallest absolute Gasteiger partial charge is 0.0596 e. The Kier molecular flexibility index (Phi) is 5.39. The van der Waals surface area contributed by atoms with Crippen molar-refractivity contribution in [2.45, 2.75) is 64.6 Å². The molecule has 1 atom stereocenters. The Labute approximate surface area is 140 Å². The van der Waals surface area contributed by atoms with Gasteiger partial charge in [-0.15, -0.1) is 0 Å². The van der Waals surface area contributed by atoms with Gasteiger partial charge in [-0.1, -0.05) is 12.8 Å². The zero-order chi connectivity index (χ0) is 16.3. The Bertz CT molecular complexity index is 501. The highest BCUT2D eigenvalue weighted by molar-refractivity contribution is 5.07. The summed E-state index contributed by atoms with van der Waals surface area (Å²) in [4.78, 5) is 2.58. The average molecular weight is 320 g/mol. The summed E-state index contributed by atoms with van der Waals surface area (Å²) < 4.78 is 7.64. The van der Waals surface area contributed by atoms with E-state index in [9.17, 15) is 0 Å². The molecule has 2 heterocycles. The summed E-state index contributed by atoms with van der Waals surface area (Å²) in [5.74, 6) is 0. The number of morpholine rings is 1. The van der Waals surface area contributed by atoms with Gasteiger partial charge in [0.2, 0.25) is 0 Å². The molecule has 1 N–H and O–H groups in total. The summed E-state index contributed by atoms with van der Waals surface area (Å²) in [7, 11) is 0. The lowest BCUT2D eigenvalue weighted by Gasteiger charge is -2.39. The number of nitrogens with one attached hydrogen (secondary N) is 1. The van der Waals surface area contributed by atoms with Gasteiger partial charge in [-0.05, 0) is 39.7 Å². The van der Waals surface area contributed by atoms with Crippen molar-refractivity contribution in [3.8, 4) is 0 Å². The van der Waals surface area contributed by atoms with Crippen molar-refractivity contribution < 1.29 is 4.74 Å². The molecule has 23 heavy (non-hydrogen) atoms. The number of rotatable bonds is 6. The molecule has 1 aliphatic heterocycles. The monoisotopic (exact) mass is 320 g/mol. The first kappa shape index (κ1) is 16.9. The van der Waals surface area contributed by atoms with Gasteiger partial charge in [-0.25, -0.2) is 0 Å². The van der Waals surface area contributed by atoms with Crippen molar-refractivity contribution >= 4 is 0 Å². The van der Waals surface area contributed by atoms with Gasteiger partial charge in [0, 0.05) is 36.9 Å². The Balaban J connectivity index is 1.60. The number of nitrogens with zero attached hydrogens (tertiary/aromatic N) is 3. The first-order chi connectivity index (χ1) is 11.1. The highest BCUT2D eigenvalue weighted by Crippen LogP contribution is 2.31. The topological polar surface area (TPSA) is 42.3 Å². The largest absolute Gasteiger partial charge is 0.379 e. The van der Waals surface area contributed by atoms with E-state index >= 15 is 0 Å². The van der Waals surface area contributed by atoms with Crippen LogP contribution in [0.5, 0.6) is 0 Å². The predicted molar refractivity (Wildman–Crippen MR) is 92.8 cm³/mol. The molecule has 3 rings (SSSR count). The molecule has 2 aliphatic rings. The predicted octanol–water partition coefficient (Wildman–Crippen LogP) is 2.12. The van der Waals surface area contributed by atoms with Crippen LogP contribution in [0.2, 0.25) is 0 Å². The van der Waals surface area contributed by atoms with Gasteiger partial charge in [-0.2, -0.15) is 5.10 Å². The van der Waals surface area contributed by atoms with Crippen LogP contribution < -0.4 is 5.32 Å². The minimum atomic E-state index is 0.285. The van der Waals surface area contributed by atoms with E-state index in [0.717, 1.165) is 45.1 Å². The second-order valence-electron chi connectivity index (χ2n) is 7.53. The normalized spacial score (nSPS) is 23.3. The van der Waals surface area contributed by atoms with E-state index in [4.69, 9.17) is 4.74 Å². The molecule has 0 aromatic carbocycles. The van der Waals surface area contributed by atoms with Gasteiger partial charge in [0.25, 0.3) is 0 Å². The zero-order valence-corrected chi connectivity index (χ0v) is 15.0. The summed E-state index contributed by atoms with van der Waals surface area (Å²) >= 11 is 0. The molecule has 5 nitrogen and oxygen atoms in total. The van der Waals surface area contributed by atoms with Crippen LogP contribution in [-0.2, 0) is 11.3 Å². The minimum Gasteiger partial charge on any atom is -0.379 e. The minimum absolute atomic E-state index is 0.285. The van der Waals surface area contributed by atoms with Crippen LogP contribution >= 0.6 is 0 Å². The summed E-state index contributed by atoms with van der Waals surface area (Å²) in [5.41, 5.74) is 2.65. The molecule has 1 aromatic heterocycles. The third-order valence-corrected chi connectivity index (χ3v) is 5.29. The van der Waals surface area contributed by atoms with Crippen LogP contribution in [0.4, 0.5) is 0 Å². The number of aromatic nitrogens is 2. The van der Waals surface area contributed by atoms with Gasteiger partial charge in [-0.3, -0.25) is 9.58 Å². The third kappa shape index (κ3) is 4.34. The SMILES string of the molecule is Cc1cc(C)n(CC(C)NC2(CN3CCOCC3)CCCC2)n1. The summed E-state index contributed by atoms with van der Waals surface area (Å²) in [5, 5.41) is 8.59. The molecule has 5 heteroatoms. The van der Waals surface area contributed by atoms with Gasteiger partial charge in [0.15, 0.2) is 0 Å². The third-order valence-electron chi connectivity index (χ3n) is 5.29. The lowest BCUT2D eigenvalue weighted by atomic mass is 9.95. The molecular formula is C18H32N4O. The fourth-order valence-electron chi connectivity index (χ4n) is 4.27. The molecule has 1 aliphatic carbocycles. The number of ether oxygens (including phenoxy) is 1. The number of hydrogen-bond donors (Lipinski definition) is 1. The molecule has 1 saturated carbocycles. The Hall–Kier alpha value is -0.910. The van der Waals surface area contributed by atoms with Crippen molar-refractivity contribution in [1.29, 1.82) is 0 Å². The van der Waals surface area contributed by atoms with Gasteiger partial charge in [0.1, 0.15) is 0 Å². The molecule has 130 valence electrons. The average Bonchev–Trinajstić information content (AvgIpc) is 3.07. The van der Waals surface area contributed by atoms with Crippen LogP contribution in [0, 0.1) is 13.8 Å².